The van der Waals surface area contributed by atoms with Gasteiger partial charge in [0.05, 0.1) is 12.5 Å². The largest absolute Gasteiger partial charge is 0.481 e. The summed E-state index contributed by atoms with van der Waals surface area (Å²) in [5.41, 5.74) is 0.803. The normalized spacial score (nSPS) is 12.4. The van der Waals surface area contributed by atoms with Crippen LogP contribution in [-0.2, 0) is 11.3 Å². The number of carbonyl (C=O) groups is 1. The van der Waals surface area contributed by atoms with E-state index in [9.17, 15) is 4.79 Å². The number of aromatic nitrogens is 4. The number of carboxylic acids is 1. The first-order valence-corrected chi connectivity index (χ1v) is 7.02. The predicted octanol–water partition coefficient (Wildman–Crippen LogP) is 2.59. The van der Waals surface area contributed by atoms with Gasteiger partial charge in [-0.2, -0.15) is 0 Å². The van der Waals surface area contributed by atoms with Crippen LogP contribution in [-0.4, -0.2) is 31.3 Å². The summed E-state index contributed by atoms with van der Waals surface area (Å²) in [5, 5.41) is 20.4. The van der Waals surface area contributed by atoms with Gasteiger partial charge in [0.1, 0.15) is 0 Å². The quantitative estimate of drug-likeness (QED) is 0.869. The van der Waals surface area contributed by atoms with E-state index in [-0.39, 0.29) is 6.54 Å². The Hall–Kier alpha value is -1.28. The number of hydrogen-bond acceptors (Lipinski definition) is 4. The van der Waals surface area contributed by atoms with E-state index in [4.69, 9.17) is 5.11 Å². The molecule has 0 saturated carbocycles. The molecule has 1 heterocycles. The zero-order valence-electron chi connectivity index (χ0n) is 9.92. The van der Waals surface area contributed by atoms with E-state index >= 15 is 0 Å². The van der Waals surface area contributed by atoms with E-state index in [1.807, 2.05) is 18.2 Å². The summed E-state index contributed by atoms with van der Waals surface area (Å²) in [6.07, 6.45) is 0. The summed E-state index contributed by atoms with van der Waals surface area (Å²) in [4.78, 5) is 10.9. The van der Waals surface area contributed by atoms with Crippen LogP contribution in [0.15, 0.2) is 27.1 Å². The van der Waals surface area contributed by atoms with E-state index in [1.165, 1.54) is 4.68 Å². The second-order valence-corrected chi connectivity index (χ2v) is 5.82. The summed E-state index contributed by atoms with van der Waals surface area (Å²) in [7, 11) is 0. The number of tetrazole rings is 1. The van der Waals surface area contributed by atoms with Crippen LogP contribution in [0, 0.1) is 5.92 Å². The van der Waals surface area contributed by atoms with Crippen molar-refractivity contribution in [2.45, 2.75) is 13.5 Å². The lowest BCUT2D eigenvalue weighted by Gasteiger charge is -2.09. The number of aliphatic carboxylic acids is 1. The highest BCUT2D eigenvalue weighted by molar-refractivity contribution is 9.11. The van der Waals surface area contributed by atoms with Crippen molar-refractivity contribution in [3.8, 4) is 11.4 Å². The maximum atomic E-state index is 10.9. The van der Waals surface area contributed by atoms with Gasteiger partial charge in [0.15, 0.2) is 5.82 Å². The van der Waals surface area contributed by atoms with Crippen molar-refractivity contribution in [2.24, 2.45) is 5.92 Å². The second kappa shape index (κ2) is 5.79. The molecule has 1 aromatic heterocycles. The van der Waals surface area contributed by atoms with Gasteiger partial charge < -0.3 is 5.11 Å². The van der Waals surface area contributed by atoms with E-state index in [1.54, 1.807) is 6.92 Å². The van der Waals surface area contributed by atoms with Crippen molar-refractivity contribution in [1.29, 1.82) is 0 Å². The third-order valence-electron chi connectivity index (χ3n) is 2.57. The lowest BCUT2D eigenvalue weighted by Crippen LogP contribution is -2.18. The molecule has 0 radical (unpaired) electrons. The molecule has 0 aliphatic rings. The maximum Gasteiger partial charge on any atom is 0.308 e. The molecule has 19 heavy (non-hydrogen) atoms. The van der Waals surface area contributed by atoms with Gasteiger partial charge in [0, 0.05) is 14.5 Å². The van der Waals surface area contributed by atoms with Gasteiger partial charge in [-0.25, -0.2) is 4.68 Å². The Morgan fingerprint density at radius 2 is 2.21 bits per heavy atom. The van der Waals surface area contributed by atoms with Crippen LogP contribution < -0.4 is 0 Å². The molecule has 0 aliphatic carbocycles. The molecule has 0 fully saturated rings. The van der Waals surface area contributed by atoms with Gasteiger partial charge >= 0.3 is 5.97 Å². The number of carboxylic acid groups (broad SMARTS) is 1. The van der Waals surface area contributed by atoms with E-state index in [0.29, 0.717) is 5.82 Å². The third kappa shape index (κ3) is 3.19. The summed E-state index contributed by atoms with van der Waals surface area (Å²) in [6, 6.07) is 5.64. The molecule has 1 unspecified atom stereocenters. The van der Waals surface area contributed by atoms with Gasteiger partial charge in [-0.05, 0) is 28.6 Å². The molecule has 1 atom stereocenters. The predicted molar refractivity (Wildman–Crippen MR) is 75.5 cm³/mol. The summed E-state index contributed by atoms with van der Waals surface area (Å²) in [6.45, 7) is 1.83. The molecule has 6 nitrogen and oxygen atoms in total. The van der Waals surface area contributed by atoms with Crippen molar-refractivity contribution < 1.29 is 9.90 Å². The monoisotopic (exact) mass is 388 g/mol. The highest BCUT2D eigenvalue weighted by atomic mass is 79.9. The van der Waals surface area contributed by atoms with Crippen LogP contribution in [0.1, 0.15) is 6.92 Å². The molecule has 0 spiro atoms. The first-order valence-electron chi connectivity index (χ1n) is 5.43. The van der Waals surface area contributed by atoms with Gasteiger partial charge in [-0.15, -0.1) is 5.10 Å². The van der Waals surface area contributed by atoms with Gasteiger partial charge in [0.25, 0.3) is 0 Å². The topological polar surface area (TPSA) is 80.9 Å². The van der Waals surface area contributed by atoms with Crippen molar-refractivity contribution in [2.75, 3.05) is 0 Å². The molecule has 2 rings (SSSR count). The Balaban J connectivity index is 2.39. The average Bonchev–Trinajstić information content (AvgIpc) is 2.80. The molecule has 1 N–H and O–H groups in total. The van der Waals surface area contributed by atoms with Crippen LogP contribution >= 0.6 is 31.9 Å². The molecule has 8 heteroatoms. The third-order valence-corrected chi connectivity index (χ3v) is 3.75. The number of benzene rings is 1. The molecule has 0 bridgehead atoms. The smallest absolute Gasteiger partial charge is 0.308 e. The van der Waals surface area contributed by atoms with Crippen LogP contribution in [0.2, 0.25) is 0 Å². The van der Waals surface area contributed by atoms with Crippen LogP contribution in [0.25, 0.3) is 11.4 Å². The standard InChI is InChI=1S/C11H10Br2N4O2/c1-6(11(18)19)5-17-10(14-15-16-17)8-4-7(12)2-3-9(8)13/h2-4,6H,5H2,1H3,(H,18,19). The van der Waals surface area contributed by atoms with Crippen LogP contribution in [0.5, 0.6) is 0 Å². The minimum atomic E-state index is -0.880. The van der Waals surface area contributed by atoms with Crippen LogP contribution in [0.3, 0.4) is 0 Å². The number of halogens is 2. The molecular formula is C11H10Br2N4O2. The fraction of sp³-hybridized carbons (Fsp3) is 0.273. The zero-order chi connectivity index (χ0) is 14.0. The molecule has 2 aromatic rings. The van der Waals surface area contributed by atoms with Crippen molar-refractivity contribution in [3.05, 3.63) is 27.1 Å². The lowest BCUT2D eigenvalue weighted by atomic mass is 10.1. The summed E-state index contributed by atoms with van der Waals surface area (Å²) >= 11 is 6.82. The van der Waals surface area contributed by atoms with Crippen LogP contribution in [0.4, 0.5) is 0 Å². The zero-order valence-corrected chi connectivity index (χ0v) is 13.1. The number of rotatable bonds is 4. The summed E-state index contributed by atoms with van der Waals surface area (Å²) in [5.74, 6) is -0.913. The Bertz CT molecular complexity index is 614. The fourth-order valence-electron chi connectivity index (χ4n) is 1.53. The minimum Gasteiger partial charge on any atom is -0.481 e. The highest BCUT2D eigenvalue weighted by Crippen LogP contribution is 2.29. The minimum absolute atomic E-state index is 0.219. The number of hydrogen-bond donors (Lipinski definition) is 1. The Labute approximate surface area is 126 Å². The summed E-state index contributed by atoms with van der Waals surface area (Å²) < 4.78 is 3.23. The second-order valence-electron chi connectivity index (χ2n) is 4.05. The van der Waals surface area contributed by atoms with Gasteiger partial charge in [-0.3, -0.25) is 4.79 Å². The first kappa shape index (κ1) is 14.1. The SMILES string of the molecule is CC(Cn1nnnc1-c1cc(Br)ccc1Br)C(=O)O. The maximum absolute atomic E-state index is 10.9. The average molecular weight is 390 g/mol. The molecule has 100 valence electrons. The van der Waals surface area contributed by atoms with E-state index < -0.39 is 11.9 Å². The van der Waals surface area contributed by atoms with Gasteiger partial charge in [-0.1, -0.05) is 38.8 Å². The highest BCUT2D eigenvalue weighted by Gasteiger charge is 2.18. The number of nitrogens with zero attached hydrogens (tertiary/aromatic N) is 4. The first-order chi connectivity index (χ1) is 8.99. The van der Waals surface area contributed by atoms with Crippen molar-refractivity contribution >= 4 is 37.8 Å². The Morgan fingerprint density at radius 1 is 1.47 bits per heavy atom. The fourth-order valence-corrected chi connectivity index (χ4v) is 2.31. The van der Waals surface area contributed by atoms with Crippen molar-refractivity contribution in [1.82, 2.24) is 20.2 Å². The lowest BCUT2D eigenvalue weighted by molar-refractivity contribution is -0.141. The molecule has 0 saturated heterocycles. The van der Waals surface area contributed by atoms with E-state index in [0.717, 1.165) is 14.5 Å². The van der Waals surface area contributed by atoms with Gasteiger partial charge in [0.2, 0.25) is 0 Å². The molecule has 1 aromatic carbocycles. The molecule has 0 amide bonds. The molecular weight excluding hydrogens is 380 g/mol. The molecule has 0 aliphatic heterocycles. The van der Waals surface area contributed by atoms with E-state index in [2.05, 4.69) is 47.4 Å². The Morgan fingerprint density at radius 3 is 2.89 bits per heavy atom. The van der Waals surface area contributed by atoms with Crippen molar-refractivity contribution in [3.63, 3.8) is 0 Å². The Kier molecular flexibility index (Phi) is 4.31.